The number of rotatable bonds is 0. The zero-order valence-corrected chi connectivity index (χ0v) is 18.9. The normalized spacial score (nSPS) is 15.4. The molecule has 0 atom stereocenters. The fourth-order valence-electron chi connectivity index (χ4n) is 5.17. The molecule has 0 aliphatic heterocycles. The maximum absolute atomic E-state index is 12.3. The molecule has 2 aliphatic rings. The van der Waals surface area contributed by atoms with Crippen LogP contribution in [0.2, 0.25) is 0 Å². The van der Waals surface area contributed by atoms with Gasteiger partial charge in [0.2, 0.25) is 0 Å². The SMILES string of the molecule is CC1(O)c2ccccc2CCc2ccccc21.O=C1c2ccccc2CCc2ccccc21. The fraction of sp³-hybridized carbons (Fsp3) is 0.194. The monoisotopic (exact) mass is 432 g/mol. The standard InChI is InChI=1S/C16H16O.C15H12O/c1-16(17)14-8-4-2-6-12(14)10-11-13-7-3-5-9-15(13)16;16-15-13-7-3-1-5-11(13)9-10-12-6-2-4-8-14(12)15/h2-9,17H,10-11H2,1H3;1-8H,9-10H2. The molecule has 6 rings (SSSR count). The fourth-order valence-corrected chi connectivity index (χ4v) is 5.17. The Morgan fingerprint density at radius 1 is 0.545 bits per heavy atom. The molecule has 0 heterocycles. The van der Waals surface area contributed by atoms with Crippen LogP contribution in [0.25, 0.3) is 0 Å². The molecule has 0 radical (unpaired) electrons. The predicted octanol–water partition coefficient (Wildman–Crippen LogP) is 6.06. The first-order valence-electron chi connectivity index (χ1n) is 11.7. The second-order valence-electron chi connectivity index (χ2n) is 9.03. The molecule has 0 amide bonds. The summed E-state index contributed by atoms with van der Waals surface area (Å²) in [6.07, 6.45) is 3.92. The molecule has 33 heavy (non-hydrogen) atoms. The maximum atomic E-state index is 12.3. The molecule has 1 N–H and O–H groups in total. The minimum absolute atomic E-state index is 0.170. The van der Waals surface area contributed by atoms with Gasteiger partial charge in [-0.1, -0.05) is 97.1 Å². The quantitative estimate of drug-likeness (QED) is 0.367. The van der Waals surface area contributed by atoms with Crippen LogP contribution in [0.1, 0.15) is 56.2 Å². The molecule has 0 spiro atoms. The van der Waals surface area contributed by atoms with Crippen molar-refractivity contribution < 1.29 is 9.90 Å². The van der Waals surface area contributed by atoms with Crippen LogP contribution >= 0.6 is 0 Å². The summed E-state index contributed by atoms with van der Waals surface area (Å²) in [5, 5.41) is 10.9. The smallest absolute Gasteiger partial charge is 0.193 e. The highest BCUT2D eigenvalue weighted by Gasteiger charge is 2.32. The van der Waals surface area contributed by atoms with E-state index >= 15 is 0 Å². The van der Waals surface area contributed by atoms with Gasteiger partial charge in [-0.2, -0.15) is 0 Å². The Morgan fingerprint density at radius 2 is 0.879 bits per heavy atom. The number of fused-ring (bicyclic) bond motifs is 4. The molecule has 2 nitrogen and oxygen atoms in total. The van der Waals surface area contributed by atoms with E-state index in [2.05, 4.69) is 24.3 Å². The lowest BCUT2D eigenvalue weighted by atomic mass is 9.85. The molecule has 0 saturated carbocycles. The molecular formula is C31H28O2. The molecule has 4 aromatic rings. The van der Waals surface area contributed by atoms with E-state index < -0.39 is 5.60 Å². The number of aliphatic hydroxyl groups is 1. The Balaban J connectivity index is 0.000000139. The molecular weight excluding hydrogens is 404 g/mol. The number of hydrogen-bond acceptors (Lipinski definition) is 2. The van der Waals surface area contributed by atoms with Gasteiger partial charge < -0.3 is 5.11 Å². The Kier molecular flexibility index (Phi) is 5.70. The summed E-state index contributed by atoms with van der Waals surface area (Å²) in [6.45, 7) is 1.90. The Hall–Kier alpha value is -3.49. The lowest BCUT2D eigenvalue weighted by Gasteiger charge is -2.26. The van der Waals surface area contributed by atoms with E-state index in [4.69, 9.17) is 0 Å². The van der Waals surface area contributed by atoms with Crippen molar-refractivity contribution in [1.29, 1.82) is 0 Å². The average molecular weight is 433 g/mol. The molecule has 0 bridgehead atoms. The third kappa shape index (κ3) is 4.03. The number of ketones is 1. The average Bonchev–Trinajstić information content (AvgIpc) is 3.07. The Morgan fingerprint density at radius 3 is 1.33 bits per heavy atom. The van der Waals surface area contributed by atoms with Crippen LogP contribution in [0.4, 0.5) is 0 Å². The Bertz CT molecular complexity index is 1220. The minimum atomic E-state index is -0.871. The van der Waals surface area contributed by atoms with Crippen molar-refractivity contribution in [2.24, 2.45) is 0 Å². The summed E-state index contributed by atoms with van der Waals surface area (Å²) in [6, 6.07) is 32.3. The summed E-state index contributed by atoms with van der Waals surface area (Å²) < 4.78 is 0. The van der Waals surface area contributed by atoms with Crippen molar-refractivity contribution in [3.8, 4) is 0 Å². The zero-order valence-electron chi connectivity index (χ0n) is 18.9. The van der Waals surface area contributed by atoms with E-state index in [1.54, 1.807) is 0 Å². The van der Waals surface area contributed by atoms with E-state index in [9.17, 15) is 9.90 Å². The van der Waals surface area contributed by atoms with E-state index in [1.165, 1.54) is 22.3 Å². The molecule has 0 aromatic heterocycles. The van der Waals surface area contributed by atoms with Gasteiger partial charge in [-0.15, -0.1) is 0 Å². The predicted molar refractivity (Wildman–Crippen MR) is 133 cm³/mol. The second kappa shape index (κ2) is 8.80. The molecule has 4 aromatic carbocycles. The van der Waals surface area contributed by atoms with Crippen LogP contribution in [0.5, 0.6) is 0 Å². The molecule has 0 fully saturated rings. The van der Waals surface area contributed by atoms with Crippen molar-refractivity contribution >= 4 is 5.78 Å². The van der Waals surface area contributed by atoms with E-state index in [-0.39, 0.29) is 5.78 Å². The van der Waals surface area contributed by atoms with E-state index in [1.807, 2.05) is 79.7 Å². The van der Waals surface area contributed by atoms with Crippen molar-refractivity contribution in [2.45, 2.75) is 38.2 Å². The van der Waals surface area contributed by atoms with Gasteiger partial charge in [0.1, 0.15) is 5.60 Å². The number of carbonyl (C=O) groups excluding carboxylic acids is 1. The molecule has 2 heteroatoms. The molecule has 2 aliphatic carbocycles. The highest BCUT2D eigenvalue weighted by Crippen LogP contribution is 2.37. The topological polar surface area (TPSA) is 37.3 Å². The molecule has 0 unspecified atom stereocenters. The highest BCUT2D eigenvalue weighted by molar-refractivity contribution is 6.11. The van der Waals surface area contributed by atoms with E-state index in [0.29, 0.717) is 0 Å². The van der Waals surface area contributed by atoms with Gasteiger partial charge in [-0.05, 0) is 66.0 Å². The first kappa shape index (κ1) is 21.4. The van der Waals surface area contributed by atoms with Crippen LogP contribution in [0.3, 0.4) is 0 Å². The first-order chi connectivity index (χ1) is 16.1. The van der Waals surface area contributed by atoms with Crippen molar-refractivity contribution in [1.82, 2.24) is 0 Å². The number of aryl methyl sites for hydroxylation is 4. The minimum Gasteiger partial charge on any atom is -0.381 e. The van der Waals surface area contributed by atoms with Gasteiger partial charge in [0, 0.05) is 11.1 Å². The third-order valence-corrected chi connectivity index (χ3v) is 6.93. The lowest BCUT2D eigenvalue weighted by Crippen LogP contribution is -2.24. The van der Waals surface area contributed by atoms with Gasteiger partial charge >= 0.3 is 0 Å². The number of benzene rings is 4. The van der Waals surface area contributed by atoms with Gasteiger partial charge in [0.15, 0.2) is 5.78 Å². The number of hydrogen-bond donors (Lipinski definition) is 1. The van der Waals surface area contributed by atoms with Gasteiger partial charge in [-0.25, -0.2) is 0 Å². The highest BCUT2D eigenvalue weighted by atomic mass is 16.3. The van der Waals surface area contributed by atoms with Crippen LogP contribution in [0, 0.1) is 0 Å². The molecule has 0 saturated heterocycles. The lowest BCUT2D eigenvalue weighted by molar-refractivity contribution is 0.101. The first-order valence-corrected chi connectivity index (χ1v) is 11.7. The van der Waals surface area contributed by atoms with Crippen LogP contribution in [0.15, 0.2) is 97.1 Å². The maximum Gasteiger partial charge on any atom is 0.193 e. The number of carbonyl (C=O) groups is 1. The van der Waals surface area contributed by atoms with Crippen molar-refractivity contribution in [3.05, 3.63) is 142 Å². The van der Waals surface area contributed by atoms with Crippen molar-refractivity contribution in [3.63, 3.8) is 0 Å². The van der Waals surface area contributed by atoms with Gasteiger partial charge in [0.05, 0.1) is 0 Å². The third-order valence-electron chi connectivity index (χ3n) is 6.93. The van der Waals surface area contributed by atoms with Crippen LogP contribution < -0.4 is 0 Å². The Labute approximate surface area is 195 Å². The van der Waals surface area contributed by atoms with Gasteiger partial charge in [-0.3, -0.25) is 4.79 Å². The van der Waals surface area contributed by atoms with Crippen LogP contribution in [-0.4, -0.2) is 10.9 Å². The summed E-state index contributed by atoms with van der Waals surface area (Å²) >= 11 is 0. The van der Waals surface area contributed by atoms with Crippen LogP contribution in [-0.2, 0) is 31.3 Å². The van der Waals surface area contributed by atoms with Crippen molar-refractivity contribution in [2.75, 3.05) is 0 Å². The summed E-state index contributed by atoms with van der Waals surface area (Å²) in [5.74, 6) is 0.170. The summed E-state index contributed by atoms with van der Waals surface area (Å²) in [7, 11) is 0. The molecule has 164 valence electrons. The van der Waals surface area contributed by atoms with E-state index in [0.717, 1.165) is 47.9 Å². The van der Waals surface area contributed by atoms with Gasteiger partial charge in [0.25, 0.3) is 0 Å². The zero-order chi connectivity index (χ0) is 22.8. The largest absolute Gasteiger partial charge is 0.381 e. The second-order valence-corrected chi connectivity index (χ2v) is 9.03. The summed E-state index contributed by atoms with van der Waals surface area (Å²) in [4.78, 5) is 12.3. The summed E-state index contributed by atoms with van der Waals surface area (Å²) in [5.41, 5.74) is 7.81.